The third kappa shape index (κ3) is 5.90. The zero-order valence-electron chi connectivity index (χ0n) is 14.9. The number of aliphatic imine (C=N–C) groups is 2. The van der Waals surface area contributed by atoms with Crippen molar-refractivity contribution in [3.8, 4) is 0 Å². The summed E-state index contributed by atoms with van der Waals surface area (Å²) in [5.74, 6) is -2.30. The van der Waals surface area contributed by atoms with E-state index in [2.05, 4.69) is 9.98 Å². The molecule has 1 aliphatic carbocycles. The van der Waals surface area contributed by atoms with E-state index >= 15 is 0 Å². The zero-order valence-corrected chi connectivity index (χ0v) is 14.9. The molecule has 0 amide bonds. The molecule has 144 valence electrons. The minimum Gasteiger partial charge on any atom is -0.481 e. The molecular formula is C18H26N2O6. The van der Waals surface area contributed by atoms with Crippen LogP contribution in [0, 0.1) is 11.3 Å². The monoisotopic (exact) mass is 366 g/mol. The van der Waals surface area contributed by atoms with Crippen molar-refractivity contribution in [3.63, 3.8) is 0 Å². The Kier molecular flexibility index (Phi) is 9.48. The highest BCUT2D eigenvalue weighted by molar-refractivity contribution is 5.77. The van der Waals surface area contributed by atoms with Crippen LogP contribution in [0.3, 0.4) is 0 Å². The molecular weight excluding hydrogens is 340 g/mol. The number of carbonyl (C=O) groups excluding carboxylic acids is 2. The third-order valence-corrected chi connectivity index (χ3v) is 5.34. The third-order valence-electron chi connectivity index (χ3n) is 5.34. The molecule has 0 spiro atoms. The van der Waals surface area contributed by atoms with E-state index in [1.165, 1.54) is 12.2 Å². The first-order chi connectivity index (χ1) is 12.5. The summed E-state index contributed by atoms with van der Waals surface area (Å²) in [5.41, 5.74) is -1.22. The van der Waals surface area contributed by atoms with Crippen molar-refractivity contribution in [2.24, 2.45) is 21.3 Å². The van der Waals surface area contributed by atoms with Crippen molar-refractivity contribution < 1.29 is 29.4 Å². The molecule has 3 atom stereocenters. The summed E-state index contributed by atoms with van der Waals surface area (Å²) in [5, 5.41) is 19.0. The number of isocyanates is 2. The molecule has 26 heavy (non-hydrogen) atoms. The number of carboxylic acids is 2. The summed E-state index contributed by atoms with van der Waals surface area (Å²) in [4.78, 5) is 51.5. The first-order valence-electron chi connectivity index (χ1n) is 9.04. The van der Waals surface area contributed by atoms with Gasteiger partial charge in [0.15, 0.2) is 0 Å². The van der Waals surface area contributed by atoms with Gasteiger partial charge in [-0.05, 0) is 38.0 Å². The molecule has 0 bridgehead atoms. The van der Waals surface area contributed by atoms with Gasteiger partial charge < -0.3 is 10.2 Å². The number of nitrogens with zero attached hydrogens (tertiary/aromatic N) is 2. The fourth-order valence-electron chi connectivity index (χ4n) is 4.08. The smallest absolute Gasteiger partial charge is 0.312 e. The highest BCUT2D eigenvalue weighted by Crippen LogP contribution is 2.48. The Morgan fingerprint density at radius 2 is 1.88 bits per heavy atom. The van der Waals surface area contributed by atoms with Crippen LogP contribution in [-0.2, 0) is 19.2 Å². The van der Waals surface area contributed by atoms with Gasteiger partial charge in [-0.3, -0.25) is 9.59 Å². The van der Waals surface area contributed by atoms with Crippen molar-refractivity contribution in [1.82, 2.24) is 0 Å². The van der Waals surface area contributed by atoms with Crippen LogP contribution in [0.5, 0.6) is 0 Å². The molecule has 1 aliphatic rings. The predicted molar refractivity (Wildman–Crippen MR) is 92.3 cm³/mol. The summed E-state index contributed by atoms with van der Waals surface area (Å²) < 4.78 is 0. The molecule has 1 saturated carbocycles. The number of aliphatic carboxylic acids is 2. The Morgan fingerprint density at radius 1 is 1.12 bits per heavy atom. The largest absolute Gasteiger partial charge is 0.481 e. The fourth-order valence-corrected chi connectivity index (χ4v) is 4.08. The average Bonchev–Trinajstić information content (AvgIpc) is 2.61. The van der Waals surface area contributed by atoms with Crippen LogP contribution >= 0.6 is 0 Å². The number of hydrogen-bond acceptors (Lipinski definition) is 6. The van der Waals surface area contributed by atoms with Crippen molar-refractivity contribution in [3.05, 3.63) is 0 Å². The minimum absolute atomic E-state index is 0.0963. The molecule has 1 fully saturated rings. The van der Waals surface area contributed by atoms with Crippen LogP contribution in [-0.4, -0.2) is 46.9 Å². The van der Waals surface area contributed by atoms with E-state index in [0.717, 1.165) is 19.3 Å². The summed E-state index contributed by atoms with van der Waals surface area (Å²) in [6.45, 7) is 0.371. The van der Waals surface area contributed by atoms with Crippen LogP contribution in [0.1, 0.15) is 64.2 Å². The van der Waals surface area contributed by atoms with Gasteiger partial charge in [-0.1, -0.05) is 25.7 Å². The maximum atomic E-state index is 12.2. The molecule has 0 saturated heterocycles. The van der Waals surface area contributed by atoms with Gasteiger partial charge in [0.05, 0.1) is 18.0 Å². The molecule has 1 rings (SSSR count). The molecule has 0 aromatic rings. The van der Waals surface area contributed by atoms with Crippen molar-refractivity contribution in [2.75, 3.05) is 6.54 Å². The predicted octanol–water partition coefficient (Wildman–Crippen LogP) is 2.71. The molecule has 0 heterocycles. The topological polar surface area (TPSA) is 133 Å². The molecule has 0 radical (unpaired) electrons. The van der Waals surface area contributed by atoms with E-state index in [-0.39, 0.29) is 18.8 Å². The van der Waals surface area contributed by atoms with E-state index in [1.54, 1.807) is 0 Å². The Bertz CT molecular complexity index is 580. The Hall–Kier alpha value is -2.30. The average molecular weight is 366 g/mol. The number of carboxylic acid groups (broad SMARTS) is 2. The van der Waals surface area contributed by atoms with Crippen LogP contribution < -0.4 is 0 Å². The normalized spacial score (nSPS) is 23.3. The fraction of sp³-hybridized carbons (Fsp3) is 0.778. The van der Waals surface area contributed by atoms with Gasteiger partial charge in [0.2, 0.25) is 12.2 Å². The van der Waals surface area contributed by atoms with E-state index < -0.39 is 23.4 Å². The summed E-state index contributed by atoms with van der Waals surface area (Å²) in [6.07, 6.45) is 8.19. The molecule has 8 heteroatoms. The minimum atomic E-state index is -1.22. The lowest BCUT2D eigenvalue weighted by atomic mass is 9.60. The first kappa shape index (κ1) is 21.7. The SMILES string of the molecule is O=C=NCCCCCC(N=C=O)C1(C(=O)O)CCCCC1CCC(=O)O. The maximum Gasteiger partial charge on any atom is 0.312 e. The molecule has 0 aromatic carbocycles. The molecule has 3 unspecified atom stereocenters. The van der Waals surface area contributed by atoms with E-state index in [9.17, 15) is 24.3 Å². The highest BCUT2D eigenvalue weighted by Gasteiger charge is 2.52. The van der Waals surface area contributed by atoms with E-state index in [1.807, 2.05) is 0 Å². The van der Waals surface area contributed by atoms with Gasteiger partial charge in [-0.2, -0.15) is 0 Å². The summed E-state index contributed by atoms with van der Waals surface area (Å²) in [7, 11) is 0. The van der Waals surface area contributed by atoms with Gasteiger partial charge in [0, 0.05) is 6.42 Å². The van der Waals surface area contributed by atoms with Gasteiger partial charge in [0.1, 0.15) is 0 Å². The molecule has 0 aliphatic heterocycles. The van der Waals surface area contributed by atoms with Gasteiger partial charge in [-0.15, -0.1) is 0 Å². The number of unbranched alkanes of at least 4 members (excludes halogenated alkanes) is 2. The quantitative estimate of drug-likeness (QED) is 0.310. The van der Waals surface area contributed by atoms with Crippen LogP contribution in [0.25, 0.3) is 0 Å². The van der Waals surface area contributed by atoms with Gasteiger partial charge >= 0.3 is 11.9 Å². The van der Waals surface area contributed by atoms with E-state index in [0.29, 0.717) is 38.6 Å². The second-order valence-corrected chi connectivity index (χ2v) is 6.78. The van der Waals surface area contributed by atoms with Crippen LogP contribution in [0.4, 0.5) is 0 Å². The lowest BCUT2D eigenvalue weighted by Crippen LogP contribution is -2.49. The summed E-state index contributed by atoms with van der Waals surface area (Å²) >= 11 is 0. The Balaban J connectivity index is 2.93. The van der Waals surface area contributed by atoms with Crippen LogP contribution in [0.15, 0.2) is 9.98 Å². The van der Waals surface area contributed by atoms with Crippen LogP contribution in [0.2, 0.25) is 0 Å². The zero-order chi connectivity index (χ0) is 19.4. The second kappa shape index (κ2) is 11.3. The molecule has 0 aromatic heterocycles. The van der Waals surface area contributed by atoms with Gasteiger partial charge in [-0.25, -0.2) is 19.6 Å². The highest BCUT2D eigenvalue weighted by atomic mass is 16.4. The molecule has 2 N–H and O–H groups in total. The van der Waals surface area contributed by atoms with Crippen molar-refractivity contribution >= 4 is 24.1 Å². The standard InChI is InChI=1S/C18H26N2O6/c21-12-19-11-5-1-2-7-15(20-13-22)18(17(25)26)10-4-3-6-14(18)8-9-16(23)24/h14-15H,1-11H2,(H,23,24)(H,25,26). The molecule has 8 nitrogen and oxygen atoms in total. The van der Waals surface area contributed by atoms with Gasteiger partial charge in [0.25, 0.3) is 0 Å². The number of hydrogen-bond donors (Lipinski definition) is 2. The Labute approximate surface area is 152 Å². The van der Waals surface area contributed by atoms with Crippen molar-refractivity contribution in [2.45, 2.75) is 70.3 Å². The lowest BCUT2D eigenvalue weighted by molar-refractivity contribution is -0.158. The lowest BCUT2D eigenvalue weighted by Gasteiger charge is -2.44. The first-order valence-corrected chi connectivity index (χ1v) is 9.04. The van der Waals surface area contributed by atoms with Crippen molar-refractivity contribution in [1.29, 1.82) is 0 Å². The number of rotatable bonds is 12. The van der Waals surface area contributed by atoms with E-state index in [4.69, 9.17) is 5.11 Å². The maximum absolute atomic E-state index is 12.2. The second-order valence-electron chi connectivity index (χ2n) is 6.78. The Morgan fingerprint density at radius 3 is 2.50 bits per heavy atom. The summed E-state index contributed by atoms with van der Waals surface area (Å²) in [6, 6.07) is -0.717. The number of carbonyl (C=O) groups is 2.